The Labute approximate surface area is 142 Å². The van der Waals surface area contributed by atoms with E-state index in [9.17, 15) is 0 Å². The molecule has 0 aliphatic heterocycles. The first-order valence-electron chi connectivity index (χ1n) is 8.75. The van der Waals surface area contributed by atoms with E-state index in [1.54, 1.807) is 0 Å². The van der Waals surface area contributed by atoms with E-state index in [0.29, 0.717) is 11.3 Å². The second-order valence-electron chi connectivity index (χ2n) is 8.47. The molecule has 0 unspecified atom stereocenters. The fourth-order valence-corrected chi connectivity index (χ4v) is 3.23. The van der Waals surface area contributed by atoms with Crippen molar-refractivity contribution in [3.8, 4) is 11.3 Å². The monoisotopic (exact) mass is 310 g/mol. The zero-order chi connectivity index (χ0) is 17.2. The molecule has 2 aromatic rings. The summed E-state index contributed by atoms with van der Waals surface area (Å²) in [6.07, 6.45) is 4.62. The van der Waals surface area contributed by atoms with Crippen LogP contribution in [-0.2, 0) is 19.9 Å². The Bertz CT molecular complexity index is 675. The first-order valence-corrected chi connectivity index (χ1v) is 8.75. The van der Waals surface area contributed by atoms with E-state index in [4.69, 9.17) is 0 Å². The number of hydrogen-bond donors (Lipinski definition) is 0. The molecule has 0 aliphatic carbocycles. The average molecular weight is 311 g/mol. The van der Waals surface area contributed by atoms with E-state index in [1.807, 2.05) is 0 Å². The molecule has 0 fully saturated rings. The van der Waals surface area contributed by atoms with Gasteiger partial charge >= 0.3 is 0 Å². The van der Waals surface area contributed by atoms with Crippen molar-refractivity contribution in [1.82, 2.24) is 0 Å². The van der Waals surface area contributed by atoms with Crippen molar-refractivity contribution < 1.29 is 4.57 Å². The Hall–Kier alpha value is -1.63. The Balaban J connectivity index is 2.56. The first kappa shape index (κ1) is 17.7. The number of hydrogen-bond acceptors (Lipinski definition) is 0. The van der Waals surface area contributed by atoms with Crippen LogP contribution in [0.5, 0.6) is 0 Å². The Morgan fingerprint density at radius 2 is 1.70 bits per heavy atom. The van der Waals surface area contributed by atoms with E-state index < -0.39 is 0 Å². The largest absolute Gasteiger partial charge is 0.212 e. The third-order valence-corrected chi connectivity index (χ3v) is 4.22. The molecule has 1 aromatic heterocycles. The minimum absolute atomic E-state index is 0.308. The summed E-state index contributed by atoms with van der Waals surface area (Å²) in [5.74, 6) is 0.672. The summed E-state index contributed by atoms with van der Waals surface area (Å²) in [5, 5.41) is 0. The number of aromatic nitrogens is 1. The van der Waals surface area contributed by atoms with E-state index in [1.165, 1.54) is 27.9 Å². The normalized spacial score (nSPS) is 12.0. The van der Waals surface area contributed by atoms with Crippen molar-refractivity contribution in [2.45, 2.75) is 54.4 Å². The van der Waals surface area contributed by atoms with Gasteiger partial charge in [0.1, 0.15) is 7.05 Å². The summed E-state index contributed by atoms with van der Waals surface area (Å²) in [5.41, 5.74) is 7.29. The van der Waals surface area contributed by atoms with Gasteiger partial charge in [-0.2, -0.15) is 0 Å². The molecule has 0 atom stereocenters. The minimum Gasteiger partial charge on any atom is -0.201 e. The molecule has 0 spiro atoms. The van der Waals surface area contributed by atoms with Gasteiger partial charge in [-0.05, 0) is 48.3 Å². The van der Waals surface area contributed by atoms with Crippen LogP contribution >= 0.6 is 0 Å². The summed E-state index contributed by atoms with van der Waals surface area (Å²) < 4.78 is 2.30. The van der Waals surface area contributed by atoms with Crippen molar-refractivity contribution in [2.24, 2.45) is 18.4 Å². The van der Waals surface area contributed by atoms with Crippen LogP contribution in [0.1, 0.15) is 51.3 Å². The molecule has 23 heavy (non-hydrogen) atoms. The van der Waals surface area contributed by atoms with Crippen molar-refractivity contribution in [3.05, 3.63) is 53.2 Å². The SMILES string of the molecule is Cc1ccccc1-c1cc(CC(C)C)c(CC(C)(C)C)c[n+]1C. The Morgan fingerprint density at radius 3 is 2.26 bits per heavy atom. The van der Waals surface area contributed by atoms with Gasteiger partial charge in [0, 0.05) is 17.2 Å². The molecule has 0 bridgehead atoms. The van der Waals surface area contributed by atoms with Gasteiger partial charge in [-0.25, -0.2) is 4.57 Å². The number of pyridine rings is 1. The van der Waals surface area contributed by atoms with Crippen LogP contribution in [0, 0.1) is 18.3 Å². The van der Waals surface area contributed by atoms with E-state index >= 15 is 0 Å². The highest BCUT2D eigenvalue weighted by molar-refractivity contribution is 5.61. The molecule has 1 heterocycles. The Morgan fingerprint density at radius 1 is 1.04 bits per heavy atom. The van der Waals surface area contributed by atoms with Gasteiger partial charge in [-0.1, -0.05) is 52.8 Å². The third kappa shape index (κ3) is 4.67. The van der Waals surface area contributed by atoms with Crippen molar-refractivity contribution in [3.63, 3.8) is 0 Å². The van der Waals surface area contributed by atoms with Crippen LogP contribution in [0.2, 0.25) is 0 Å². The summed E-state index contributed by atoms with van der Waals surface area (Å²) in [6.45, 7) is 13.8. The lowest BCUT2D eigenvalue weighted by atomic mass is 9.85. The van der Waals surface area contributed by atoms with Gasteiger partial charge in [-0.3, -0.25) is 0 Å². The molecule has 0 radical (unpaired) electrons. The van der Waals surface area contributed by atoms with Crippen molar-refractivity contribution >= 4 is 0 Å². The maximum absolute atomic E-state index is 2.42. The Kier molecular flexibility index (Phi) is 5.29. The van der Waals surface area contributed by atoms with Crippen LogP contribution in [0.15, 0.2) is 36.5 Å². The summed E-state index contributed by atoms with van der Waals surface area (Å²) in [4.78, 5) is 0. The lowest BCUT2D eigenvalue weighted by Crippen LogP contribution is -2.33. The van der Waals surface area contributed by atoms with Crippen LogP contribution in [0.25, 0.3) is 11.3 Å². The third-order valence-electron chi connectivity index (χ3n) is 4.22. The number of benzene rings is 1. The van der Waals surface area contributed by atoms with Gasteiger partial charge in [0.25, 0.3) is 0 Å². The number of nitrogens with zero attached hydrogens (tertiary/aromatic N) is 1. The number of rotatable bonds is 4. The molecule has 124 valence electrons. The molecule has 0 saturated carbocycles. The van der Waals surface area contributed by atoms with E-state index in [2.05, 4.69) is 89.7 Å². The highest BCUT2D eigenvalue weighted by Gasteiger charge is 2.21. The summed E-state index contributed by atoms with van der Waals surface area (Å²) in [6, 6.07) is 11.1. The van der Waals surface area contributed by atoms with Gasteiger partial charge in [-0.15, -0.1) is 0 Å². The maximum atomic E-state index is 2.42. The molecule has 2 rings (SSSR count). The first-order chi connectivity index (χ1) is 10.7. The quantitative estimate of drug-likeness (QED) is 0.677. The van der Waals surface area contributed by atoms with Crippen LogP contribution in [-0.4, -0.2) is 0 Å². The van der Waals surface area contributed by atoms with Crippen molar-refractivity contribution in [1.29, 1.82) is 0 Å². The lowest BCUT2D eigenvalue weighted by Gasteiger charge is -2.21. The van der Waals surface area contributed by atoms with Gasteiger partial charge in [0.05, 0.1) is 0 Å². The van der Waals surface area contributed by atoms with Gasteiger partial charge in [0.15, 0.2) is 6.20 Å². The lowest BCUT2D eigenvalue weighted by molar-refractivity contribution is -0.660. The standard InChI is InChI=1S/C22H32N/c1-16(2)12-18-13-21(20-11-9-8-10-17(20)3)23(7)15-19(18)14-22(4,5)6/h8-11,13,15-16H,12,14H2,1-7H3/q+1. The predicted octanol–water partition coefficient (Wildman–Crippen LogP) is 5.27. The zero-order valence-corrected chi connectivity index (χ0v) is 15.9. The van der Waals surface area contributed by atoms with Crippen LogP contribution in [0.3, 0.4) is 0 Å². The fourth-order valence-electron chi connectivity index (χ4n) is 3.23. The average Bonchev–Trinajstić information content (AvgIpc) is 2.40. The molecule has 0 amide bonds. The maximum Gasteiger partial charge on any atom is 0.212 e. The summed E-state index contributed by atoms with van der Waals surface area (Å²) >= 11 is 0. The molecule has 0 saturated heterocycles. The topological polar surface area (TPSA) is 3.88 Å². The van der Waals surface area contributed by atoms with Crippen LogP contribution in [0.4, 0.5) is 0 Å². The molecular formula is C22H32N+. The second kappa shape index (κ2) is 6.86. The second-order valence-corrected chi connectivity index (χ2v) is 8.47. The smallest absolute Gasteiger partial charge is 0.201 e. The molecule has 1 nitrogen and oxygen atoms in total. The zero-order valence-electron chi connectivity index (χ0n) is 15.9. The molecule has 0 N–H and O–H groups in total. The highest BCUT2D eigenvalue weighted by atomic mass is 14.9. The fraction of sp³-hybridized carbons (Fsp3) is 0.500. The van der Waals surface area contributed by atoms with Gasteiger partial charge in [0.2, 0.25) is 5.69 Å². The molecule has 1 aromatic carbocycles. The molecular weight excluding hydrogens is 278 g/mol. The van der Waals surface area contributed by atoms with Gasteiger partial charge < -0.3 is 0 Å². The van der Waals surface area contributed by atoms with Crippen molar-refractivity contribution in [2.75, 3.05) is 0 Å². The minimum atomic E-state index is 0.308. The number of aryl methyl sites for hydroxylation is 2. The molecule has 0 aliphatic rings. The van der Waals surface area contributed by atoms with E-state index in [-0.39, 0.29) is 0 Å². The van der Waals surface area contributed by atoms with E-state index in [0.717, 1.165) is 12.8 Å². The van der Waals surface area contributed by atoms with Crippen LogP contribution < -0.4 is 4.57 Å². The highest BCUT2D eigenvalue weighted by Crippen LogP contribution is 2.27. The summed E-state index contributed by atoms with van der Waals surface area (Å²) in [7, 11) is 2.17. The predicted molar refractivity (Wildman–Crippen MR) is 99.5 cm³/mol. The molecule has 1 heteroatoms.